The van der Waals surface area contributed by atoms with Crippen molar-refractivity contribution in [3.8, 4) is 11.5 Å². The Bertz CT molecular complexity index is 1050. The number of methoxy groups -OCH3 is 2. The van der Waals surface area contributed by atoms with Crippen molar-refractivity contribution in [3.63, 3.8) is 0 Å². The molecule has 3 heterocycles. The first-order valence-electron chi connectivity index (χ1n) is 9.94. The highest BCUT2D eigenvalue weighted by Crippen LogP contribution is 2.27. The van der Waals surface area contributed by atoms with Gasteiger partial charge in [-0.1, -0.05) is 10.6 Å². The molecular weight excluding hydrogens is 416 g/mol. The van der Waals surface area contributed by atoms with E-state index in [1.807, 2.05) is 36.5 Å². The smallest absolute Gasteiger partial charge is 0.267 e. The molecule has 1 amide bonds. The first-order valence-corrected chi connectivity index (χ1v) is 10.7. The van der Waals surface area contributed by atoms with Crippen LogP contribution in [0, 0.1) is 6.92 Å². The van der Waals surface area contributed by atoms with Gasteiger partial charge in [0.15, 0.2) is 0 Å². The van der Waals surface area contributed by atoms with E-state index in [1.54, 1.807) is 26.0 Å². The van der Waals surface area contributed by atoms with Gasteiger partial charge in [0, 0.05) is 24.7 Å². The predicted molar refractivity (Wildman–Crippen MR) is 116 cm³/mol. The van der Waals surface area contributed by atoms with Crippen LogP contribution in [-0.2, 0) is 11.2 Å². The van der Waals surface area contributed by atoms with Crippen LogP contribution in [0.5, 0.6) is 11.5 Å². The number of hydrogen-bond acceptors (Lipinski definition) is 8. The zero-order valence-electron chi connectivity index (χ0n) is 17.7. The van der Waals surface area contributed by atoms with Crippen molar-refractivity contribution < 1.29 is 19.0 Å². The molecule has 1 atom stereocenters. The van der Waals surface area contributed by atoms with E-state index >= 15 is 0 Å². The van der Waals surface area contributed by atoms with E-state index in [0.717, 1.165) is 39.9 Å². The summed E-state index contributed by atoms with van der Waals surface area (Å²) < 4.78 is 20.6. The molecular formula is C22H24N4O4S. The summed E-state index contributed by atoms with van der Waals surface area (Å²) in [5, 5.41) is 3.94. The Morgan fingerprint density at radius 2 is 2.13 bits per heavy atom. The molecule has 0 aliphatic carbocycles. The normalized spacial score (nSPS) is 16.2. The van der Waals surface area contributed by atoms with Crippen LogP contribution in [0.3, 0.4) is 0 Å². The highest BCUT2D eigenvalue weighted by Gasteiger charge is 2.28. The van der Waals surface area contributed by atoms with E-state index in [0.29, 0.717) is 36.7 Å². The Labute approximate surface area is 184 Å². The second-order valence-electron chi connectivity index (χ2n) is 7.24. The maximum absolute atomic E-state index is 12.8. The maximum atomic E-state index is 12.8. The van der Waals surface area contributed by atoms with Crippen molar-refractivity contribution in [1.82, 2.24) is 19.5 Å². The fourth-order valence-electron chi connectivity index (χ4n) is 3.55. The number of morpholine rings is 1. The Kier molecular flexibility index (Phi) is 6.43. The van der Waals surface area contributed by atoms with Crippen molar-refractivity contribution in [2.24, 2.45) is 0 Å². The van der Waals surface area contributed by atoms with Crippen LogP contribution in [0.25, 0.3) is 0 Å². The fraction of sp³-hybridized carbons (Fsp3) is 0.364. The number of aryl methyl sites for hydroxylation is 1. The standard InChI is InChI=1S/C22H24N4O4S/c1-14-21(31-25-24-14)22(27)26-8-9-30-20(13-26)18-6-4-15(12-23-18)10-16-11-17(28-2)5-7-19(16)29-3/h4-7,11-12,20H,8-10,13H2,1-3H3/t20-/m0/s1. The van der Waals surface area contributed by atoms with Crippen molar-refractivity contribution in [2.75, 3.05) is 33.9 Å². The lowest BCUT2D eigenvalue weighted by molar-refractivity contribution is -0.0246. The van der Waals surface area contributed by atoms with Gasteiger partial charge in [0.2, 0.25) is 0 Å². The lowest BCUT2D eigenvalue weighted by Crippen LogP contribution is -2.42. The topological polar surface area (TPSA) is 86.7 Å². The number of carbonyl (C=O) groups is 1. The van der Waals surface area contributed by atoms with Crippen LogP contribution >= 0.6 is 11.5 Å². The third kappa shape index (κ3) is 4.67. The van der Waals surface area contributed by atoms with E-state index in [9.17, 15) is 4.79 Å². The highest BCUT2D eigenvalue weighted by atomic mass is 32.1. The van der Waals surface area contributed by atoms with E-state index in [2.05, 4.69) is 14.6 Å². The molecule has 0 bridgehead atoms. The van der Waals surface area contributed by atoms with E-state index in [1.165, 1.54) is 0 Å². The third-order valence-electron chi connectivity index (χ3n) is 5.26. The minimum atomic E-state index is -0.265. The van der Waals surface area contributed by atoms with E-state index < -0.39 is 0 Å². The van der Waals surface area contributed by atoms with Crippen LogP contribution in [0.1, 0.15) is 38.3 Å². The third-order valence-corrected chi connectivity index (χ3v) is 6.07. The molecule has 4 rings (SSSR count). The second kappa shape index (κ2) is 9.40. The van der Waals surface area contributed by atoms with Crippen LogP contribution < -0.4 is 9.47 Å². The number of rotatable bonds is 6. The van der Waals surface area contributed by atoms with Crippen molar-refractivity contribution in [1.29, 1.82) is 0 Å². The Hall–Kier alpha value is -3.04. The maximum Gasteiger partial charge on any atom is 0.267 e. The fourth-order valence-corrected chi connectivity index (χ4v) is 4.18. The molecule has 9 heteroatoms. The van der Waals surface area contributed by atoms with Gasteiger partial charge < -0.3 is 19.1 Å². The molecule has 0 saturated carbocycles. The first-order chi connectivity index (χ1) is 15.1. The number of carbonyl (C=O) groups excluding carboxylic acids is 1. The van der Waals surface area contributed by atoms with Gasteiger partial charge in [0.25, 0.3) is 5.91 Å². The highest BCUT2D eigenvalue weighted by molar-refractivity contribution is 7.07. The predicted octanol–water partition coefficient (Wildman–Crippen LogP) is 3.06. The van der Waals surface area contributed by atoms with Crippen LogP contribution in [0.15, 0.2) is 36.5 Å². The summed E-state index contributed by atoms with van der Waals surface area (Å²) in [7, 11) is 3.30. The van der Waals surface area contributed by atoms with Gasteiger partial charge in [0.05, 0.1) is 38.8 Å². The van der Waals surface area contributed by atoms with Crippen molar-refractivity contribution in [2.45, 2.75) is 19.4 Å². The van der Waals surface area contributed by atoms with Crippen molar-refractivity contribution in [3.05, 3.63) is 63.9 Å². The van der Waals surface area contributed by atoms with Gasteiger partial charge in [-0.05, 0) is 48.3 Å². The minimum Gasteiger partial charge on any atom is -0.497 e. The number of amides is 1. The zero-order valence-corrected chi connectivity index (χ0v) is 18.5. The van der Waals surface area contributed by atoms with E-state index in [4.69, 9.17) is 14.2 Å². The Balaban J connectivity index is 1.46. The summed E-state index contributed by atoms with van der Waals surface area (Å²) in [4.78, 5) is 19.8. The van der Waals surface area contributed by atoms with Gasteiger partial charge >= 0.3 is 0 Å². The lowest BCUT2D eigenvalue weighted by Gasteiger charge is -2.32. The Morgan fingerprint density at radius 1 is 1.26 bits per heavy atom. The van der Waals surface area contributed by atoms with Gasteiger partial charge in [0.1, 0.15) is 22.5 Å². The van der Waals surface area contributed by atoms with Crippen LogP contribution in [0.4, 0.5) is 0 Å². The molecule has 1 aliphatic rings. The summed E-state index contributed by atoms with van der Waals surface area (Å²) in [6.07, 6.45) is 2.25. The summed E-state index contributed by atoms with van der Waals surface area (Å²) in [6, 6.07) is 9.73. The molecule has 0 unspecified atom stereocenters. The average Bonchev–Trinajstić information content (AvgIpc) is 3.25. The van der Waals surface area contributed by atoms with E-state index in [-0.39, 0.29) is 12.0 Å². The molecule has 1 saturated heterocycles. The molecule has 0 N–H and O–H groups in total. The molecule has 2 aromatic heterocycles. The molecule has 0 spiro atoms. The zero-order chi connectivity index (χ0) is 21.8. The minimum absolute atomic E-state index is 0.0532. The van der Waals surface area contributed by atoms with Crippen LogP contribution in [0.2, 0.25) is 0 Å². The summed E-state index contributed by atoms with van der Waals surface area (Å²) in [5.74, 6) is 1.54. The molecule has 162 valence electrons. The summed E-state index contributed by atoms with van der Waals surface area (Å²) >= 11 is 1.13. The number of pyridine rings is 1. The number of aromatic nitrogens is 3. The molecule has 1 fully saturated rings. The first kappa shape index (κ1) is 21.2. The number of nitrogens with zero attached hydrogens (tertiary/aromatic N) is 4. The summed E-state index contributed by atoms with van der Waals surface area (Å²) in [6.45, 7) is 3.25. The molecule has 1 aliphatic heterocycles. The van der Waals surface area contributed by atoms with Gasteiger partial charge in [-0.25, -0.2) is 0 Å². The number of ether oxygens (including phenoxy) is 3. The molecule has 0 radical (unpaired) electrons. The van der Waals surface area contributed by atoms with Crippen molar-refractivity contribution >= 4 is 17.4 Å². The monoisotopic (exact) mass is 440 g/mol. The molecule has 8 nitrogen and oxygen atoms in total. The lowest BCUT2D eigenvalue weighted by atomic mass is 10.0. The molecule has 3 aromatic rings. The van der Waals surface area contributed by atoms with Gasteiger partial charge in [-0.15, -0.1) is 5.10 Å². The largest absolute Gasteiger partial charge is 0.497 e. The van der Waals surface area contributed by atoms with Gasteiger partial charge in [-0.3, -0.25) is 9.78 Å². The Morgan fingerprint density at radius 3 is 2.81 bits per heavy atom. The number of benzene rings is 1. The average molecular weight is 441 g/mol. The number of hydrogen-bond donors (Lipinski definition) is 0. The molecule has 31 heavy (non-hydrogen) atoms. The SMILES string of the molecule is COc1ccc(OC)c(Cc2ccc([C@@H]3CN(C(=O)c4snnc4C)CCO3)nc2)c1. The van der Waals surface area contributed by atoms with Crippen LogP contribution in [-0.4, -0.2) is 59.3 Å². The quantitative estimate of drug-likeness (QED) is 0.582. The molecule has 1 aromatic carbocycles. The van der Waals surface area contributed by atoms with Gasteiger partial charge in [-0.2, -0.15) is 0 Å². The summed E-state index contributed by atoms with van der Waals surface area (Å²) in [5.41, 5.74) is 3.53. The second-order valence-corrected chi connectivity index (χ2v) is 8.00.